The normalized spacial score (nSPS) is 17.6. The first kappa shape index (κ1) is 31.9. The number of nitrogens with one attached hydrogen (secondary N) is 2. The van der Waals surface area contributed by atoms with Crippen LogP contribution >= 0.6 is 0 Å². The van der Waals surface area contributed by atoms with Gasteiger partial charge in [-0.05, 0) is 81.5 Å². The smallest absolute Gasteiger partial charge is 0.254 e. The van der Waals surface area contributed by atoms with Crippen LogP contribution in [0.25, 0.3) is 11.1 Å². The molecule has 8 nitrogen and oxygen atoms in total. The number of hydrogen-bond donors (Lipinski definition) is 2. The highest BCUT2D eigenvalue weighted by Crippen LogP contribution is 2.36. The van der Waals surface area contributed by atoms with Crippen molar-refractivity contribution in [2.24, 2.45) is 0 Å². The maximum absolute atomic E-state index is 15.6. The molecule has 2 saturated heterocycles. The molecule has 4 rings (SSSR count). The lowest BCUT2D eigenvalue weighted by molar-refractivity contribution is 0.0305. The number of methoxy groups -OCH3 is 1. The molecule has 0 spiro atoms. The Labute approximate surface area is 249 Å². The molecule has 2 amide bonds. The van der Waals surface area contributed by atoms with Gasteiger partial charge in [0.25, 0.3) is 11.8 Å². The van der Waals surface area contributed by atoms with Gasteiger partial charge in [-0.2, -0.15) is 0 Å². The third-order valence-electron chi connectivity index (χ3n) is 8.09. The van der Waals surface area contributed by atoms with Gasteiger partial charge in [-0.1, -0.05) is 13.3 Å². The van der Waals surface area contributed by atoms with E-state index in [1.54, 1.807) is 25.3 Å². The van der Waals surface area contributed by atoms with Crippen LogP contribution in [0.15, 0.2) is 30.3 Å². The number of nitrogens with zero attached hydrogens (tertiary/aromatic N) is 1. The van der Waals surface area contributed by atoms with E-state index >= 15 is 4.39 Å². The lowest BCUT2D eigenvalue weighted by Gasteiger charge is -2.33. The number of rotatable bonds is 13. The summed E-state index contributed by atoms with van der Waals surface area (Å²) in [5.74, 6) is -0.313. The second kappa shape index (κ2) is 16.0. The minimum atomic E-state index is -0.449. The summed E-state index contributed by atoms with van der Waals surface area (Å²) in [5.41, 5.74) is 2.61. The van der Waals surface area contributed by atoms with Crippen LogP contribution in [0, 0.1) is 5.82 Å². The van der Waals surface area contributed by atoms with Gasteiger partial charge >= 0.3 is 0 Å². The van der Waals surface area contributed by atoms with Crippen LogP contribution in [0.1, 0.15) is 78.7 Å². The van der Waals surface area contributed by atoms with E-state index in [0.717, 1.165) is 50.8 Å². The molecule has 2 aromatic carbocycles. The topological polar surface area (TPSA) is 89.1 Å². The number of hydrogen-bond acceptors (Lipinski definition) is 6. The minimum absolute atomic E-state index is 0.0591. The van der Waals surface area contributed by atoms with Crippen molar-refractivity contribution in [2.75, 3.05) is 53.2 Å². The first-order valence-corrected chi connectivity index (χ1v) is 15.5. The molecule has 0 radical (unpaired) electrons. The van der Waals surface area contributed by atoms with E-state index in [9.17, 15) is 9.59 Å². The summed E-state index contributed by atoms with van der Waals surface area (Å²) in [6.45, 7) is 8.39. The SMILES string of the molecule is CCCc1cc(-c2cc(C(=O)N(CC)C3CCOCC3)ccc2F)c(OCCCOC)cc1C(=O)N[C@@H]1CCCNC1. The molecule has 9 heteroatoms. The van der Waals surface area contributed by atoms with Crippen LogP contribution < -0.4 is 15.4 Å². The Morgan fingerprint density at radius 2 is 1.90 bits per heavy atom. The fourth-order valence-electron chi connectivity index (χ4n) is 5.86. The molecule has 2 heterocycles. The Bertz CT molecular complexity index is 1190. The molecular formula is C33H46FN3O5. The third kappa shape index (κ3) is 8.08. The van der Waals surface area contributed by atoms with E-state index in [1.807, 2.05) is 17.9 Å². The molecule has 0 aliphatic carbocycles. The highest BCUT2D eigenvalue weighted by atomic mass is 19.1. The molecule has 2 fully saturated rings. The molecule has 0 bridgehead atoms. The van der Waals surface area contributed by atoms with E-state index in [4.69, 9.17) is 14.2 Å². The summed E-state index contributed by atoms with van der Waals surface area (Å²) in [5, 5.41) is 6.51. The highest BCUT2D eigenvalue weighted by molar-refractivity contribution is 5.98. The Morgan fingerprint density at radius 1 is 1.10 bits per heavy atom. The highest BCUT2D eigenvalue weighted by Gasteiger charge is 2.27. The number of benzene rings is 2. The van der Waals surface area contributed by atoms with Gasteiger partial charge < -0.3 is 29.7 Å². The molecule has 2 N–H and O–H groups in total. The Hall–Kier alpha value is -3.01. The van der Waals surface area contributed by atoms with Crippen molar-refractivity contribution in [3.8, 4) is 16.9 Å². The summed E-state index contributed by atoms with van der Waals surface area (Å²) in [7, 11) is 1.63. The largest absolute Gasteiger partial charge is 0.493 e. The molecular weight excluding hydrogens is 537 g/mol. The summed E-state index contributed by atoms with van der Waals surface area (Å²) in [6, 6.07) is 8.29. The number of aryl methyl sites for hydroxylation is 1. The van der Waals surface area contributed by atoms with Crippen molar-refractivity contribution in [2.45, 2.75) is 70.9 Å². The first-order valence-electron chi connectivity index (χ1n) is 15.5. The average Bonchev–Trinajstić information content (AvgIpc) is 3.01. The first-order chi connectivity index (χ1) is 20.5. The number of amides is 2. The average molecular weight is 584 g/mol. The van der Waals surface area contributed by atoms with Crippen LogP contribution in [0.4, 0.5) is 4.39 Å². The van der Waals surface area contributed by atoms with Crippen molar-refractivity contribution < 1.29 is 28.2 Å². The van der Waals surface area contributed by atoms with Gasteiger partial charge in [-0.3, -0.25) is 9.59 Å². The standard InChI is InChI=1S/C33H46FN3O5/c1-4-8-23-19-29(28-20-24(10-11-30(28)34)33(39)37(5-2)26-12-17-41-18-13-26)31(42-16-7-15-40-3)21-27(23)32(38)36-25-9-6-14-35-22-25/h10-11,19-21,25-26,35H,4-9,12-18,22H2,1-3H3,(H,36,38)/t25-/m1/s1. The molecule has 2 aliphatic rings. The van der Waals surface area contributed by atoms with Gasteiger partial charge in [0.1, 0.15) is 11.6 Å². The van der Waals surface area contributed by atoms with Crippen LogP contribution in [-0.4, -0.2) is 82.0 Å². The number of carbonyl (C=O) groups excluding carboxylic acids is 2. The van der Waals surface area contributed by atoms with Gasteiger partial charge in [-0.25, -0.2) is 4.39 Å². The monoisotopic (exact) mass is 583 g/mol. The second-order valence-electron chi connectivity index (χ2n) is 11.1. The quantitative estimate of drug-likeness (QED) is 0.323. The summed E-state index contributed by atoms with van der Waals surface area (Å²) >= 11 is 0. The van der Waals surface area contributed by atoms with Crippen LogP contribution in [0.5, 0.6) is 5.75 Å². The van der Waals surface area contributed by atoms with E-state index in [-0.39, 0.29) is 29.5 Å². The number of carbonyl (C=O) groups is 2. The number of piperidine rings is 1. The van der Waals surface area contributed by atoms with Crippen molar-refractivity contribution in [1.29, 1.82) is 0 Å². The predicted molar refractivity (Wildman–Crippen MR) is 162 cm³/mol. The van der Waals surface area contributed by atoms with Crippen molar-refractivity contribution >= 4 is 11.8 Å². The van der Waals surface area contributed by atoms with Gasteiger partial charge in [0.15, 0.2) is 0 Å². The van der Waals surface area contributed by atoms with Gasteiger partial charge in [-0.15, -0.1) is 0 Å². The fourth-order valence-corrected chi connectivity index (χ4v) is 5.86. The molecule has 1 atom stereocenters. The van der Waals surface area contributed by atoms with Crippen molar-refractivity contribution in [3.05, 3.63) is 52.8 Å². The molecule has 0 saturated carbocycles. The van der Waals surface area contributed by atoms with E-state index in [1.165, 1.54) is 6.07 Å². The zero-order valence-electron chi connectivity index (χ0n) is 25.3. The second-order valence-corrected chi connectivity index (χ2v) is 11.1. The summed E-state index contributed by atoms with van der Waals surface area (Å²) in [4.78, 5) is 29.0. The molecule has 0 unspecified atom stereocenters. The zero-order chi connectivity index (χ0) is 29.9. The molecule has 42 heavy (non-hydrogen) atoms. The fraction of sp³-hybridized carbons (Fsp3) is 0.576. The maximum Gasteiger partial charge on any atom is 0.254 e. The van der Waals surface area contributed by atoms with Gasteiger partial charge in [0, 0.05) is 80.8 Å². The minimum Gasteiger partial charge on any atom is -0.493 e. The van der Waals surface area contributed by atoms with E-state index in [0.29, 0.717) is 68.3 Å². The Kier molecular flexibility index (Phi) is 12.2. The molecule has 2 aliphatic heterocycles. The van der Waals surface area contributed by atoms with E-state index < -0.39 is 5.82 Å². The van der Waals surface area contributed by atoms with Crippen molar-refractivity contribution in [1.82, 2.24) is 15.5 Å². The molecule has 2 aromatic rings. The predicted octanol–water partition coefficient (Wildman–Crippen LogP) is 4.98. The third-order valence-corrected chi connectivity index (χ3v) is 8.09. The zero-order valence-corrected chi connectivity index (χ0v) is 25.3. The van der Waals surface area contributed by atoms with E-state index in [2.05, 4.69) is 17.6 Å². The van der Waals surface area contributed by atoms with Gasteiger partial charge in [0.2, 0.25) is 0 Å². The lowest BCUT2D eigenvalue weighted by Crippen LogP contribution is -2.45. The Balaban J connectivity index is 1.72. The van der Waals surface area contributed by atoms with Crippen LogP contribution in [0.2, 0.25) is 0 Å². The van der Waals surface area contributed by atoms with Crippen LogP contribution in [-0.2, 0) is 15.9 Å². The Morgan fingerprint density at radius 3 is 2.60 bits per heavy atom. The number of ether oxygens (including phenoxy) is 3. The summed E-state index contributed by atoms with van der Waals surface area (Å²) in [6.07, 6.45) is 5.61. The van der Waals surface area contributed by atoms with Crippen molar-refractivity contribution in [3.63, 3.8) is 0 Å². The van der Waals surface area contributed by atoms with Gasteiger partial charge in [0.05, 0.1) is 6.61 Å². The van der Waals surface area contributed by atoms with Crippen LogP contribution in [0.3, 0.4) is 0 Å². The molecule has 0 aromatic heterocycles. The summed E-state index contributed by atoms with van der Waals surface area (Å²) < 4.78 is 32.4. The lowest BCUT2D eigenvalue weighted by atomic mass is 9.93. The number of halogens is 1. The maximum atomic E-state index is 15.6. The molecule has 230 valence electrons.